The number of nitrogens with two attached hydrogens (primary N) is 1. The molecule has 7 heteroatoms. The van der Waals surface area contributed by atoms with Gasteiger partial charge < -0.3 is 15.5 Å². The van der Waals surface area contributed by atoms with E-state index in [0.717, 1.165) is 18.8 Å². The molecule has 1 aliphatic rings. The highest BCUT2D eigenvalue weighted by molar-refractivity contribution is 5.99. The van der Waals surface area contributed by atoms with Crippen molar-refractivity contribution in [2.75, 3.05) is 31.1 Å². The average molecular weight is 325 g/mol. The van der Waals surface area contributed by atoms with Crippen LogP contribution in [0.4, 0.5) is 5.82 Å². The van der Waals surface area contributed by atoms with E-state index in [9.17, 15) is 9.59 Å². The molecule has 0 aliphatic carbocycles. The third-order valence-electron chi connectivity index (χ3n) is 4.06. The van der Waals surface area contributed by atoms with Gasteiger partial charge in [-0.15, -0.1) is 5.10 Å². The van der Waals surface area contributed by atoms with Gasteiger partial charge >= 0.3 is 0 Å². The van der Waals surface area contributed by atoms with Crippen LogP contribution in [0.1, 0.15) is 27.1 Å². The smallest absolute Gasteiger partial charge is 0.253 e. The molecule has 0 bridgehead atoms. The number of primary amides is 1. The summed E-state index contributed by atoms with van der Waals surface area (Å²) in [6.45, 7) is 2.77. The second-order valence-corrected chi connectivity index (χ2v) is 5.66. The molecule has 0 radical (unpaired) electrons. The Kier molecular flexibility index (Phi) is 4.69. The largest absolute Gasteiger partial charge is 0.366 e. The van der Waals surface area contributed by atoms with Crippen molar-refractivity contribution in [2.24, 2.45) is 5.73 Å². The predicted molar refractivity (Wildman–Crippen MR) is 89.7 cm³/mol. The zero-order valence-corrected chi connectivity index (χ0v) is 13.3. The molecule has 1 aromatic carbocycles. The molecule has 1 aliphatic heterocycles. The van der Waals surface area contributed by atoms with Crippen LogP contribution in [-0.4, -0.2) is 53.1 Å². The van der Waals surface area contributed by atoms with E-state index in [1.165, 1.54) is 0 Å². The van der Waals surface area contributed by atoms with Crippen LogP contribution in [0.5, 0.6) is 0 Å². The second-order valence-electron chi connectivity index (χ2n) is 5.66. The summed E-state index contributed by atoms with van der Waals surface area (Å²) < 4.78 is 0. The Labute approximate surface area is 140 Å². The molecule has 0 saturated carbocycles. The van der Waals surface area contributed by atoms with E-state index in [2.05, 4.69) is 15.1 Å². The van der Waals surface area contributed by atoms with Gasteiger partial charge in [-0.25, -0.2) is 0 Å². The summed E-state index contributed by atoms with van der Waals surface area (Å²) in [7, 11) is 0. The Bertz CT molecular complexity index is 735. The van der Waals surface area contributed by atoms with Gasteiger partial charge in [0.1, 0.15) is 0 Å². The molecule has 3 rings (SSSR count). The minimum absolute atomic E-state index is 0.0842. The van der Waals surface area contributed by atoms with Crippen molar-refractivity contribution in [1.29, 1.82) is 0 Å². The molecule has 1 fully saturated rings. The SMILES string of the molecule is NC(=O)c1cccc(C(=O)N2CCCN(c3cccnn3)CC2)c1. The fraction of sp³-hybridized carbons (Fsp3) is 0.294. The first-order chi connectivity index (χ1) is 11.6. The van der Waals surface area contributed by atoms with Crippen molar-refractivity contribution >= 4 is 17.6 Å². The lowest BCUT2D eigenvalue weighted by atomic mass is 10.1. The summed E-state index contributed by atoms with van der Waals surface area (Å²) in [5, 5.41) is 8.03. The number of carbonyl (C=O) groups excluding carboxylic acids is 2. The Balaban J connectivity index is 1.71. The molecule has 24 heavy (non-hydrogen) atoms. The number of rotatable bonds is 3. The third kappa shape index (κ3) is 3.51. The summed E-state index contributed by atoms with van der Waals surface area (Å²) >= 11 is 0. The van der Waals surface area contributed by atoms with Crippen molar-refractivity contribution in [3.05, 3.63) is 53.7 Å². The van der Waals surface area contributed by atoms with E-state index in [1.54, 1.807) is 35.4 Å². The minimum atomic E-state index is -0.533. The number of benzene rings is 1. The molecule has 2 N–H and O–H groups in total. The number of hydrogen-bond acceptors (Lipinski definition) is 5. The van der Waals surface area contributed by atoms with Crippen molar-refractivity contribution in [2.45, 2.75) is 6.42 Å². The van der Waals surface area contributed by atoms with Crippen LogP contribution in [0, 0.1) is 0 Å². The number of carbonyl (C=O) groups is 2. The van der Waals surface area contributed by atoms with Gasteiger partial charge in [0.15, 0.2) is 5.82 Å². The van der Waals surface area contributed by atoms with Gasteiger partial charge in [0.2, 0.25) is 5.91 Å². The second kappa shape index (κ2) is 7.08. The van der Waals surface area contributed by atoms with E-state index < -0.39 is 5.91 Å². The molecule has 0 unspecified atom stereocenters. The summed E-state index contributed by atoms with van der Waals surface area (Å²) in [5.41, 5.74) is 6.12. The molecular weight excluding hydrogens is 306 g/mol. The molecule has 1 saturated heterocycles. The van der Waals surface area contributed by atoms with E-state index in [4.69, 9.17) is 5.73 Å². The molecule has 1 aromatic heterocycles. The maximum Gasteiger partial charge on any atom is 0.253 e. The molecule has 0 atom stereocenters. The van der Waals surface area contributed by atoms with E-state index in [0.29, 0.717) is 30.8 Å². The maximum absolute atomic E-state index is 12.7. The van der Waals surface area contributed by atoms with Crippen LogP contribution in [0.3, 0.4) is 0 Å². The molecule has 2 heterocycles. The standard InChI is InChI=1S/C17H19N5O2/c18-16(23)13-4-1-5-14(12-13)17(24)22-9-3-8-21(10-11-22)15-6-2-7-19-20-15/h1-2,4-7,12H,3,8-11H2,(H2,18,23). The third-order valence-corrected chi connectivity index (χ3v) is 4.06. The topological polar surface area (TPSA) is 92.4 Å². The number of anilines is 1. The van der Waals surface area contributed by atoms with Crippen LogP contribution in [0.25, 0.3) is 0 Å². The van der Waals surface area contributed by atoms with Gasteiger partial charge in [-0.2, -0.15) is 5.10 Å². The van der Waals surface area contributed by atoms with Crippen LogP contribution in [0.15, 0.2) is 42.6 Å². The number of aromatic nitrogens is 2. The number of hydrogen-bond donors (Lipinski definition) is 1. The summed E-state index contributed by atoms with van der Waals surface area (Å²) in [5.74, 6) is 0.205. The minimum Gasteiger partial charge on any atom is -0.366 e. The lowest BCUT2D eigenvalue weighted by Gasteiger charge is -2.22. The first kappa shape index (κ1) is 15.9. The highest BCUT2D eigenvalue weighted by Crippen LogP contribution is 2.15. The molecular formula is C17H19N5O2. The maximum atomic E-state index is 12.7. The van der Waals surface area contributed by atoms with Gasteiger partial charge in [0, 0.05) is 43.5 Å². The summed E-state index contributed by atoms with van der Waals surface area (Å²) in [6, 6.07) is 10.3. The van der Waals surface area contributed by atoms with Crippen LogP contribution in [-0.2, 0) is 0 Å². The molecule has 0 spiro atoms. The fourth-order valence-electron chi connectivity index (χ4n) is 2.80. The lowest BCUT2D eigenvalue weighted by molar-refractivity contribution is 0.0767. The summed E-state index contributed by atoms with van der Waals surface area (Å²) in [4.78, 5) is 27.9. The predicted octanol–water partition coefficient (Wildman–Crippen LogP) is 0.928. The van der Waals surface area contributed by atoms with E-state index in [1.807, 2.05) is 12.1 Å². The molecule has 2 aromatic rings. The molecule has 2 amide bonds. The van der Waals surface area contributed by atoms with Crippen LogP contribution >= 0.6 is 0 Å². The lowest BCUT2D eigenvalue weighted by Crippen LogP contribution is -2.35. The van der Waals surface area contributed by atoms with Crippen molar-refractivity contribution in [3.63, 3.8) is 0 Å². The quantitative estimate of drug-likeness (QED) is 0.906. The van der Waals surface area contributed by atoms with E-state index in [-0.39, 0.29) is 5.91 Å². The van der Waals surface area contributed by atoms with Gasteiger partial charge in [-0.3, -0.25) is 9.59 Å². The number of nitrogens with zero attached hydrogens (tertiary/aromatic N) is 4. The first-order valence-corrected chi connectivity index (χ1v) is 7.87. The summed E-state index contributed by atoms with van der Waals surface area (Å²) in [6.07, 6.45) is 2.49. The van der Waals surface area contributed by atoms with Crippen molar-refractivity contribution < 1.29 is 9.59 Å². The van der Waals surface area contributed by atoms with E-state index >= 15 is 0 Å². The van der Waals surface area contributed by atoms with Crippen molar-refractivity contribution in [1.82, 2.24) is 15.1 Å². The highest BCUT2D eigenvalue weighted by atomic mass is 16.2. The monoisotopic (exact) mass is 325 g/mol. The Hall–Kier alpha value is -2.96. The first-order valence-electron chi connectivity index (χ1n) is 7.87. The van der Waals surface area contributed by atoms with Gasteiger partial charge in [-0.1, -0.05) is 6.07 Å². The Morgan fingerprint density at radius 2 is 1.83 bits per heavy atom. The highest BCUT2D eigenvalue weighted by Gasteiger charge is 2.21. The van der Waals surface area contributed by atoms with Gasteiger partial charge in [0.05, 0.1) is 0 Å². The average Bonchev–Trinajstić information content (AvgIpc) is 2.88. The van der Waals surface area contributed by atoms with Gasteiger partial charge in [0.25, 0.3) is 5.91 Å². The zero-order chi connectivity index (χ0) is 16.9. The zero-order valence-electron chi connectivity index (χ0n) is 13.3. The molecule has 124 valence electrons. The van der Waals surface area contributed by atoms with Gasteiger partial charge in [-0.05, 0) is 36.8 Å². The Morgan fingerprint density at radius 1 is 1.00 bits per heavy atom. The van der Waals surface area contributed by atoms with Crippen LogP contribution in [0.2, 0.25) is 0 Å². The van der Waals surface area contributed by atoms with Crippen LogP contribution < -0.4 is 10.6 Å². The number of amides is 2. The fourth-order valence-corrected chi connectivity index (χ4v) is 2.80. The Morgan fingerprint density at radius 3 is 2.58 bits per heavy atom. The molecule has 7 nitrogen and oxygen atoms in total. The van der Waals surface area contributed by atoms with Crippen molar-refractivity contribution in [3.8, 4) is 0 Å². The normalized spacial score (nSPS) is 15.0.